The molecule has 0 heterocycles. The van der Waals surface area contributed by atoms with Crippen molar-refractivity contribution < 1.29 is 14.6 Å². The molecule has 2 atom stereocenters. The van der Waals surface area contributed by atoms with Crippen LogP contribution < -0.4 is 5.73 Å². The Hall–Kier alpha value is -0.160. The van der Waals surface area contributed by atoms with Crippen molar-refractivity contribution in [1.29, 1.82) is 0 Å². The molecule has 0 aliphatic heterocycles. The summed E-state index contributed by atoms with van der Waals surface area (Å²) in [7, 11) is 0. The van der Waals surface area contributed by atoms with Crippen molar-refractivity contribution in [3.05, 3.63) is 0 Å². The highest BCUT2D eigenvalue weighted by Gasteiger charge is 2.35. The highest BCUT2D eigenvalue weighted by molar-refractivity contribution is 4.93. The molecule has 90 valence electrons. The van der Waals surface area contributed by atoms with Crippen LogP contribution in [-0.2, 0) is 9.47 Å². The Morgan fingerprint density at radius 1 is 1.47 bits per heavy atom. The maximum atomic E-state index is 9.08. The van der Waals surface area contributed by atoms with E-state index in [0.717, 1.165) is 19.3 Å². The largest absolute Gasteiger partial charge is 0.394 e. The third-order valence-electron chi connectivity index (χ3n) is 2.80. The summed E-state index contributed by atoms with van der Waals surface area (Å²) in [5.41, 5.74) is 5.53. The van der Waals surface area contributed by atoms with Crippen LogP contribution in [0.5, 0.6) is 0 Å². The monoisotopic (exact) mass is 217 g/mol. The average molecular weight is 217 g/mol. The van der Waals surface area contributed by atoms with Crippen molar-refractivity contribution in [2.24, 2.45) is 5.73 Å². The van der Waals surface area contributed by atoms with Gasteiger partial charge in [0.2, 0.25) is 0 Å². The molecule has 1 saturated carbocycles. The van der Waals surface area contributed by atoms with E-state index < -0.39 is 5.54 Å². The average Bonchev–Trinajstić information content (AvgIpc) is 2.56. The first-order valence-electron chi connectivity index (χ1n) is 5.69. The van der Waals surface area contributed by atoms with Crippen molar-refractivity contribution in [2.45, 2.75) is 50.9 Å². The summed E-state index contributed by atoms with van der Waals surface area (Å²) in [5.74, 6) is 0. The maximum absolute atomic E-state index is 9.08. The summed E-state index contributed by atoms with van der Waals surface area (Å²) in [6, 6.07) is 0. The number of aliphatic hydroxyl groups is 1. The van der Waals surface area contributed by atoms with E-state index in [1.165, 1.54) is 0 Å². The molecule has 2 unspecified atom stereocenters. The van der Waals surface area contributed by atoms with Crippen molar-refractivity contribution in [2.75, 3.05) is 19.8 Å². The van der Waals surface area contributed by atoms with Crippen LogP contribution >= 0.6 is 0 Å². The second-order valence-electron chi connectivity index (χ2n) is 4.68. The molecule has 1 aliphatic carbocycles. The van der Waals surface area contributed by atoms with Crippen molar-refractivity contribution in [1.82, 2.24) is 0 Å². The standard InChI is InChI=1S/C11H23NO3/c1-9(2)14-5-6-15-10-3-4-11(12,7-10)8-13/h9-10,13H,3-8,12H2,1-2H3. The lowest BCUT2D eigenvalue weighted by atomic mass is 10.0. The molecule has 0 bridgehead atoms. The fourth-order valence-corrected chi connectivity index (χ4v) is 1.89. The van der Waals surface area contributed by atoms with E-state index in [-0.39, 0.29) is 18.8 Å². The molecule has 3 N–H and O–H groups in total. The molecule has 15 heavy (non-hydrogen) atoms. The van der Waals surface area contributed by atoms with Gasteiger partial charge in [-0.2, -0.15) is 0 Å². The topological polar surface area (TPSA) is 64.7 Å². The normalized spacial score (nSPS) is 31.4. The molecule has 0 aromatic carbocycles. The van der Waals surface area contributed by atoms with Crippen LogP contribution in [0.1, 0.15) is 33.1 Å². The molecule has 0 radical (unpaired) electrons. The molecule has 4 nitrogen and oxygen atoms in total. The first-order valence-corrected chi connectivity index (χ1v) is 5.69. The molecule has 0 aromatic rings. The summed E-state index contributed by atoms with van der Waals surface area (Å²) in [6.07, 6.45) is 2.99. The summed E-state index contributed by atoms with van der Waals surface area (Å²) in [5, 5.41) is 9.08. The van der Waals surface area contributed by atoms with Gasteiger partial charge in [-0.1, -0.05) is 0 Å². The Kier molecular flexibility index (Phi) is 4.99. The number of hydrogen-bond donors (Lipinski definition) is 2. The van der Waals surface area contributed by atoms with Crippen LogP contribution in [0.15, 0.2) is 0 Å². The van der Waals surface area contributed by atoms with E-state index in [2.05, 4.69) is 0 Å². The third kappa shape index (κ3) is 4.47. The Morgan fingerprint density at radius 2 is 2.20 bits per heavy atom. The van der Waals surface area contributed by atoms with Crippen molar-refractivity contribution in [3.8, 4) is 0 Å². The number of nitrogens with two attached hydrogens (primary N) is 1. The lowest BCUT2D eigenvalue weighted by molar-refractivity contribution is -0.0126. The van der Waals surface area contributed by atoms with E-state index in [9.17, 15) is 0 Å². The molecule has 1 fully saturated rings. The minimum Gasteiger partial charge on any atom is -0.394 e. The van der Waals surface area contributed by atoms with Gasteiger partial charge in [0.25, 0.3) is 0 Å². The molecule has 0 aromatic heterocycles. The van der Waals surface area contributed by atoms with E-state index in [4.69, 9.17) is 20.3 Å². The number of rotatable bonds is 6. The maximum Gasteiger partial charge on any atom is 0.0704 e. The predicted molar refractivity (Wildman–Crippen MR) is 58.7 cm³/mol. The van der Waals surface area contributed by atoms with Gasteiger partial charge in [-0.3, -0.25) is 0 Å². The van der Waals surface area contributed by atoms with Gasteiger partial charge in [-0.15, -0.1) is 0 Å². The molecular weight excluding hydrogens is 194 g/mol. The van der Waals surface area contributed by atoms with Gasteiger partial charge >= 0.3 is 0 Å². The second kappa shape index (κ2) is 5.80. The molecule has 4 heteroatoms. The fraction of sp³-hybridized carbons (Fsp3) is 1.00. The molecule has 1 aliphatic rings. The minimum atomic E-state index is -0.413. The molecule has 0 amide bonds. The molecule has 1 rings (SSSR count). The molecule has 0 saturated heterocycles. The molecular formula is C11H23NO3. The molecule has 0 spiro atoms. The number of ether oxygens (including phenoxy) is 2. The highest BCUT2D eigenvalue weighted by Crippen LogP contribution is 2.29. The lowest BCUT2D eigenvalue weighted by Crippen LogP contribution is -2.41. The summed E-state index contributed by atoms with van der Waals surface area (Å²) in [4.78, 5) is 0. The van der Waals surface area contributed by atoms with Crippen molar-refractivity contribution >= 4 is 0 Å². The quantitative estimate of drug-likeness (QED) is 0.642. The zero-order valence-electron chi connectivity index (χ0n) is 9.74. The number of hydrogen-bond acceptors (Lipinski definition) is 4. The minimum absolute atomic E-state index is 0.0509. The van der Waals surface area contributed by atoms with Gasteiger partial charge in [0.05, 0.1) is 32.0 Å². The van der Waals surface area contributed by atoms with Gasteiger partial charge < -0.3 is 20.3 Å². The van der Waals surface area contributed by atoms with Gasteiger partial charge in [0.15, 0.2) is 0 Å². The van der Waals surface area contributed by atoms with E-state index in [0.29, 0.717) is 13.2 Å². The Morgan fingerprint density at radius 3 is 2.73 bits per heavy atom. The predicted octanol–water partition coefficient (Wildman–Crippen LogP) is 0.670. The van der Waals surface area contributed by atoms with Gasteiger partial charge in [0, 0.05) is 5.54 Å². The van der Waals surface area contributed by atoms with E-state index in [1.807, 2.05) is 13.8 Å². The van der Waals surface area contributed by atoms with Crippen LogP contribution in [0.25, 0.3) is 0 Å². The Bertz CT molecular complexity index is 187. The van der Waals surface area contributed by atoms with Crippen LogP contribution in [0.2, 0.25) is 0 Å². The second-order valence-corrected chi connectivity index (χ2v) is 4.68. The number of aliphatic hydroxyl groups excluding tert-OH is 1. The zero-order chi connectivity index (χ0) is 11.3. The first-order chi connectivity index (χ1) is 7.06. The zero-order valence-corrected chi connectivity index (χ0v) is 9.74. The summed E-state index contributed by atoms with van der Waals surface area (Å²) < 4.78 is 11.0. The van der Waals surface area contributed by atoms with Crippen LogP contribution in [0, 0.1) is 0 Å². The van der Waals surface area contributed by atoms with Crippen LogP contribution in [0.4, 0.5) is 0 Å². The Balaban J connectivity index is 2.09. The lowest BCUT2D eigenvalue weighted by Gasteiger charge is -2.20. The third-order valence-corrected chi connectivity index (χ3v) is 2.80. The van der Waals surface area contributed by atoms with E-state index >= 15 is 0 Å². The summed E-state index contributed by atoms with van der Waals surface area (Å²) >= 11 is 0. The SMILES string of the molecule is CC(C)OCCOC1CCC(N)(CO)C1. The Labute approximate surface area is 91.7 Å². The van der Waals surface area contributed by atoms with Crippen LogP contribution in [0.3, 0.4) is 0 Å². The van der Waals surface area contributed by atoms with E-state index in [1.54, 1.807) is 0 Å². The van der Waals surface area contributed by atoms with Crippen molar-refractivity contribution in [3.63, 3.8) is 0 Å². The fourth-order valence-electron chi connectivity index (χ4n) is 1.89. The van der Waals surface area contributed by atoms with Crippen LogP contribution in [-0.4, -0.2) is 42.7 Å². The van der Waals surface area contributed by atoms with Gasteiger partial charge in [0.1, 0.15) is 0 Å². The summed E-state index contributed by atoms with van der Waals surface area (Å²) in [6.45, 7) is 5.31. The van der Waals surface area contributed by atoms with Gasteiger partial charge in [-0.25, -0.2) is 0 Å². The highest BCUT2D eigenvalue weighted by atomic mass is 16.5. The van der Waals surface area contributed by atoms with Gasteiger partial charge in [-0.05, 0) is 33.1 Å². The smallest absolute Gasteiger partial charge is 0.0704 e. The first kappa shape index (κ1) is 12.9.